The maximum atomic E-state index is 12.9. The number of anilines is 1. The smallest absolute Gasteiger partial charge is 0.254 e. The van der Waals surface area contributed by atoms with Crippen LogP contribution in [0.15, 0.2) is 18.3 Å². The molecule has 2 N–H and O–H groups in total. The third kappa shape index (κ3) is 5.47. The summed E-state index contributed by atoms with van der Waals surface area (Å²) in [6.45, 7) is 6.25. The van der Waals surface area contributed by atoms with Crippen LogP contribution >= 0.6 is 0 Å². The van der Waals surface area contributed by atoms with E-state index in [-0.39, 0.29) is 11.8 Å². The van der Waals surface area contributed by atoms with Crippen molar-refractivity contribution >= 4 is 17.6 Å². The van der Waals surface area contributed by atoms with Crippen LogP contribution in [0.4, 0.5) is 5.82 Å². The van der Waals surface area contributed by atoms with Gasteiger partial charge in [-0.05, 0) is 31.4 Å². The molecular formula is C19H28N4O4. The number of ether oxygens (including phenoxy) is 1. The van der Waals surface area contributed by atoms with Crippen LogP contribution in [-0.4, -0.2) is 83.2 Å². The number of likely N-dealkylation sites (tertiary alicyclic amines) is 1. The molecule has 8 heteroatoms. The summed E-state index contributed by atoms with van der Waals surface area (Å²) in [6, 6.07) is 3.24. The highest BCUT2D eigenvalue weighted by atomic mass is 16.5. The van der Waals surface area contributed by atoms with Gasteiger partial charge in [-0.25, -0.2) is 4.98 Å². The minimum absolute atomic E-state index is 0.0976. The molecule has 8 nitrogen and oxygen atoms in total. The summed E-state index contributed by atoms with van der Waals surface area (Å²) in [5.41, 5.74) is -0.279. The molecule has 1 aromatic rings. The highest BCUT2D eigenvalue weighted by molar-refractivity contribution is 5.96. The first-order valence-electron chi connectivity index (χ1n) is 9.51. The highest BCUT2D eigenvalue weighted by Crippen LogP contribution is 2.25. The third-order valence-corrected chi connectivity index (χ3v) is 5.14. The molecule has 3 heterocycles. The SMILES string of the molecule is CC(=O)Nc1cc(C(=O)N2CCC[C@@](O)(CN3CCOCC3)CC2)ccn1. The monoisotopic (exact) mass is 376 g/mol. The molecule has 0 aliphatic carbocycles. The van der Waals surface area contributed by atoms with Gasteiger partial charge in [0.05, 0.1) is 18.8 Å². The number of carbonyl (C=O) groups is 2. The number of aliphatic hydroxyl groups is 1. The first-order chi connectivity index (χ1) is 13.0. The van der Waals surface area contributed by atoms with Crippen molar-refractivity contribution in [1.82, 2.24) is 14.8 Å². The van der Waals surface area contributed by atoms with Gasteiger partial charge in [0.15, 0.2) is 0 Å². The molecule has 0 bridgehead atoms. The van der Waals surface area contributed by atoms with E-state index in [4.69, 9.17) is 4.74 Å². The van der Waals surface area contributed by atoms with Crippen LogP contribution < -0.4 is 5.32 Å². The summed E-state index contributed by atoms with van der Waals surface area (Å²) < 4.78 is 5.37. The van der Waals surface area contributed by atoms with Gasteiger partial charge in [0.2, 0.25) is 5.91 Å². The number of hydrogen-bond donors (Lipinski definition) is 2. The van der Waals surface area contributed by atoms with E-state index in [1.54, 1.807) is 17.0 Å². The van der Waals surface area contributed by atoms with E-state index in [0.29, 0.717) is 57.1 Å². The average molecular weight is 376 g/mol. The van der Waals surface area contributed by atoms with E-state index in [0.717, 1.165) is 19.5 Å². The second kappa shape index (κ2) is 8.77. The van der Waals surface area contributed by atoms with Crippen molar-refractivity contribution in [2.45, 2.75) is 31.8 Å². The zero-order chi connectivity index (χ0) is 19.3. The van der Waals surface area contributed by atoms with E-state index in [9.17, 15) is 14.7 Å². The molecular weight excluding hydrogens is 348 g/mol. The summed E-state index contributed by atoms with van der Waals surface area (Å²) in [4.78, 5) is 32.1. The fourth-order valence-electron chi connectivity index (χ4n) is 3.71. The number of pyridine rings is 1. The second-order valence-corrected chi connectivity index (χ2v) is 7.37. The van der Waals surface area contributed by atoms with Crippen LogP contribution in [0.25, 0.3) is 0 Å². The predicted octanol–water partition coefficient (Wildman–Crippen LogP) is 0.729. The molecule has 2 aliphatic rings. The van der Waals surface area contributed by atoms with Crippen molar-refractivity contribution in [3.8, 4) is 0 Å². The van der Waals surface area contributed by atoms with Crippen molar-refractivity contribution in [3.63, 3.8) is 0 Å². The normalized spacial score (nSPS) is 24.3. The maximum Gasteiger partial charge on any atom is 0.254 e. The largest absolute Gasteiger partial charge is 0.388 e. The quantitative estimate of drug-likeness (QED) is 0.804. The second-order valence-electron chi connectivity index (χ2n) is 7.37. The minimum Gasteiger partial charge on any atom is -0.388 e. The van der Waals surface area contributed by atoms with Gasteiger partial charge < -0.3 is 20.1 Å². The Morgan fingerprint density at radius 2 is 2.04 bits per heavy atom. The highest BCUT2D eigenvalue weighted by Gasteiger charge is 2.34. The molecule has 2 aliphatic heterocycles. The molecule has 0 aromatic carbocycles. The fraction of sp³-hybridized carbons (Fsp3) is 0.632. The number of nitrogens with zero attached hydrogens (tertiary/aromatic N) is 3. The number of amides is 2. The third-order valence-electron chi connectivity index (χ3n) is 5.14. The van der Waals surface area contributed by atoms with Crippen LogP contribution in [0.1, 0.15) is 36.5 Å². The van der Waals surface area contributed by atoms with E-state index in [2.05, 4.69) is 15.2 Å². The zero-order valence-electron chi connectivity index (χ0n) is 15.8. The molecule has 0 spiro atoms. The first kappa shape index (κ1) is 19.7. The molecule has 3 rings (SSSR count). The molecule has 27 heavy (non-hydrogen) atoms. The van der Waals surface area contributed by atoms with Gasteiger partial charge in [0.1, 0.15) is 5.82 Å². The Morgan fingerprint density at radius 3 is 2.78 bits per heavy atom. The van der Waals surface area contributed by atoms with Crippen LogP contribution in [0.3, 0.4) is 0 Å². The Labute approximate surface area is 159 Å². The van der Waals surface area contributed by atoms with Gasteiger partial charge in [-0.1, -0.05) is 0 Å². The van der Waals surface area contributed by atoms with E-state index in [1.807, 2.05) is 0 Å². The number of β-amino-alcohol motifs (C(OH)–C–C–N with tert-alkyl or cyclic N) is 1. The van der Waals surface area contributed by atoms with E-state index in [1.165, 1.54) is 13.1 Å². The topological polar surface area (TPSA) is 95.0 Å². The van der Waals surface area contributed by atoms with Crippen LogP contribution in [0.2, 0.25) is 0 Å². The number of morpholine rings is 1. The fourth-order valence-corrected chi connectivity index (χ4v) is 3.71. The van der Waals surface area contributed by atoms with Crippen molar-refractivity contribution in [1.29, 1.82) is 0 Å². The Bertz CT molecular complexity index is 677. The number of aromatic nitrogens is 1. The lowest BCUT2D eigenvalue weighted by atomic mass is 9.94. The van der Waals surface area contributed by atoms with Gasteiger partial charge in [0, 0.05) is 51.4 Å². The first-order valence-corrected chi connectivity index (χ1v) is 9.51. The number of nitrogens with one attached hydrogen (secondary N) is 1. The van der Waals surface area contributed by atoms with E-state index < -0.39 is 5.60 Å². The van der Waals surface area contributed by atoms with Crippen molar-refractivity contribution in [3.05, 3.63) is 23.9 Å². The van der Waals surface area contributed by atoms with Crippen LogP contribution in [0, 0.1) is 0 Å². The van der Waals surface area contributed by atoms with E-state index >= 15 is 0 Å². The van der Waals surface area contributed by atoms with Gasteiger partial charge in [-0.2, -0.15) is 0 Å². The van der Waals surface area contributed by atoms with Crippen molar-refractivity contribution in [2.24, 2.45) is 0 Å². The molecule has 1 aromatic heterocycles. The van der Waals surface area contributed by atoms with Gasteiger partial charge >= 0.3 is 0 Å². The van der Waals surface area contributed by atoms with Gasteiger partial charge in [-0.3, -0.25) is 14.5 Å². The molecule has 2 fully saturated rings. The lowest BCUT2D eigenvalue weighted by molar-refractivity contribution is -0.114. The summed E-state index contributed by atoms with van der Waals surface area (Å²) >= 11 is 0. The standard InChI is InChI=1S/C19H28N4O4/c1-15(24)21-17-13-16(3-6-20-17)18(25)23-7-2-4-19(26,5-8-23)14-22-9-11-27-12-10-22/h3,6,13,26H,2,4-5,7-12,14H2,1H3,(H,20,21,24)/t19-/m0/s1. The summed E-state index contributed by atoms with van der Waals surface area (Å²) in [5, 5.41) is 13.6. The molecule has 1 atom stereocenters. The van der Waals surface area contributed by atoms with Gasteiger partial charge in [0.25, 0.3) is 5.91 Å². The summed E-state index contributed by atoms with van der Waals surface area (Å²) in [6.07, 6.45) is 3.52. The molecule has 2 saturated heterocycles. The Kier molecular flexibility index (Phi) is 6.41. The van der Waals surface area contributed by atoms with Crippen molar-refractivity contribution in [2.75, 3.05) is 51.3 Å². The molecule has 0 unspecified atom stereocenters. The maximum absolute atomic E-state index is 12.9. The Hall–Kier alpha value is -2.03. The summed E-state index contributed by atoms with van der Waals surface area (Å²) in [7, 11) is 0. The molecule has 148 valence electrons. The molecule has 2 amide bonds. The summed E-state index contributed by atoms with van der Waals surface area (Å²) in [5.74, 6) is 0.0432. The number of hydrogen-bond acceptors (Lipinski definition) is 6. The minimum atomic E-state index is -0.772. The lowest BCUT2D eigenvalue weighted by Crippen LogP contribution is -2.48. The van der Waals surface area contributed by atoms with Crippen LogP contribution in [-0.2, 0) is 9.53 Å². The number of rotatable bonds is 4. The Morgan fingerprint density at radius 1 is 1.26 bits per heavy atom. The van der Waals surface area contributed by atoms with Crippen molar-refractivity contribution < 1.29 is 19.4 Å². The molecule has 0 radical (unpaired) electrons. The predicted molar refractivity (Wildman–Crippen MR) is 101 cm³/mol. The van der Waals surface area contributed by atoms with Gasteiger partial charge in [-0.15, -0.1) is 0 Å². The van der Waals surface area contributed by atoms with Crippen LogP contribution in [0.5, 0.6) is 0 Å². The average Bonchev–Trinajstić information content (AvgIpc) is 2.83. The molecule has 0 saturated carbocycles. The zero-order valence-corrected chi connectivity index (χ0v) is 15.8. The lowest BCUT2D eigenvalue weighted by Gasteiger charge is -2.35. The Balaban J connectivity index is 1.61. The number of carbonyl (C=O) groups excluding carboxylic acids is 2.